The average molecular weight is 292 g/mol. The first-order valence-corrected chi connectivity index (χ1v) is 7.43. The molecule has 0 amide bonds. The first-order chi connectivity index (χ1) is 9.24. The largest absolute Gasteiger partial charge is 0.386 e. The highest BCUT2D eigenvalue weighted by Gasteiger charge is 2.29. The van der Waals surface area contributed by atoms with Gasteiger partial charge in [0.1, 0.15) is 5.84 Å². The molecular formula is C13H16N4O2S. The molecule has 0 saturated heterocycles. The molecule has 7 heteroatoms. The molecule has 0 aliphatic carbocycles. The van der Waals surface area contributed by atoms with Crippen molar-refractivity contribution in [1.82, 2.24) is 9.71 Å². The summed E-state index contributed by atoms with van der Waals surface area (Å²) in [5.41, 5.74) is 4.27. The average Bonchev–Trinajstić information content (AvgIpc) is 2.36. The molecular weight excluding hydrogens is 276 g/mol. The number of nitrogens with two attached hydrogens (primary N) is 1. The maximum Gasteiger partial charge on any atom is 0.242 e. The number of nitrogens with zero attached hydrogens (tertiary/aromatic N) is 1. The Kier molecular flexibility index (Phi) is 3.49. The zero-order valence-electron chi connectivity index (χ0n) is 11.2. The minimum Gasteiger partial charge on any atom is -0.386 e. The lowest BCUT2D eigenvalue weighted by molar-refractivity contribution is 0.543. The highest BCUT2D eigenvalue weighted by molar-refractivity contribution is 7.89. The van der Waals surface area contributed by atoms with Gasteiger partial charge in [-0.25, -0.2) is 8.42 Å². The molecule has 2 rings (SSSR count). The Morgan fingerprint density at radius 1 is 1.35 bits per heavy atom. The fraction of sp³-hybridized carbons (Fsp3) is 0.231. The third-order valence-corrected chi connectivity index (χ3v) is 4.71. The van der Waals surface area contributed by atoms with Crippen LogP contribution in [-0.2, 0) is 10.0 Å². The minimum atomic E-state index is -3.79. The van der Waals surface area contributed by atoms with E-state index in [9.17, 15) is 8.42 Å². The zero-order chi connectivity index (χ0) is 15.0. The number of amidine groups is 1. The quantitative estimate of drug-likeness (QED) is 0.581. The van der Waals surface area contributed by atoms with Gasteiger partial charge in [0.2, 0.25) is 10.0 Å². The van der Waals surface area contributed by atoms with Gasteiger partial charge in [-0.15, -0.1) is 0 Å². The van der Waals surface area contributed by atoms with Crippen molar-refractivity contribution >= 4 is 26.6 Å². The highest BCUT2D eigenvalue weighted by Crippen LogP contribution is 2.23. The van der Waals surface area contributed by atoms with Crippen molar-refractivity contribution in [2.24, 2.45) is 5.73 Å². The van der Waals surface area contributed by atoms with Gasteiger partial charge in [0, 0.05) is 23.2 Å². The zero-order valence-corrected chi connectivity index (χ0v) is 12.0. The van der Waals surface area contributed by atoms with Gasteiger partial charge in [-0.1, -0.05) is 12.1 Å². The maximum absolute atomic E-state index is 12.5. The minimum absolute atomic E-state index is 0.145. The molecule has 106 valence electrons. The molecule has 6 nitrogen and oxygen atoms in total. The second kappa shape index (κ2) is 4.84. The summed E-state index contributed by atoms with van der Waals surface area (Å²) in [6, 6.07) is 6.60. The molecule has 0 bridgehead atoms. The van der Waals surface area contributed by atoms with Gasteiger partial charge in [-0.3, -0.25) is 10.4 Å². The van der Waals surface area contributed by atoms with Crippen molar-refractivity contribution in [2.75, 3.05) is 0 Å². The summed E-state index contributed by atoms with van der Waals surface area (Å²) in [5, 5.41) is 8.75. The van der Waals surface area contributed by atoms with E-state index in [1.807, 2.05) is 0 Å². The van der Waals surface area contributed by atoms with E-state index in [4.69, 9.17) is 11.1 Å². The van der Waals surface area contributed by atoms with Gasteiger partial charge in [-0.2, -0.15) is 4.72 Å². The molecule has 0 fully saturated rings. The van der Waals surface area contributed by atoms with Crippen LogP contribution in [0.3, 0.4) is 0 Å². The third kappa shape index (κ3) is 2.63. The fourth-order valence-electron chi connectivity index (χ4n) is 1.77. The summed E-state index contributed by atoms with van der Waals surface area (Å²) in [6.45, 7) is 3.08. The Labute approximate surface area is 117 Å². The predicted octanol–water partition coefficient (Wildman–Crippen LogP) is 1.23. The SMILES string of the molecule is CC(C)(NS(=O)(=O)c1cccc2cnccc12)C(=N)N. The number of pyridine rings is 1. The number of hydrogen-bond acceptors (Lipinski definition) is 4. The number of fused-ring (bicyclic) bond motifs is 1. The normalized spacial score (nSPS) is 12.5. The second-order valence-corrected chi connectivity index (χ2v) is 6.65. The Morgan fingerprint density at radius 3 is 2.70 bits per heavy atom. The smallest absolute Gasteiger partial charge is 0.242 e. The molecule has 0 aliphatic rings. The summed E-state index contributed by atoms with van der Waals surface area (Å²) in [5.74, 6) is -0.247. The first-order valence-electron chi connectivity index (χ1n) is 5.95. The number of nitrogens with one attached hydrogen (secondary N) is 2. The third-order valence-electron chi connectivity index (χ3n) is 2.99. The van der Waals surface area contributed by atoms with Gasteiger partial charge >= 0.3 is 0 Å². The van der Waals surface area contributed by atoms with E-state index in [1.165, 1.54) is 12.3 Å². The number of sulfonamides is 1. The fourth-order valence-corrected chi connectivity index (χ4v) is 3.40. The van der Waals surface area contributed by atoms with Gasteiger partial charge in [0.15, 0.2) is 0 Å². The van der Waals surface area contributed by atoms with Crippen molar-refractivity contribution in [3.8, 4) is 0 Å². The number of hydrogen-bond donors (Lipinski definition) is 3. The van der Waals surface area contributed by atoms with Crippen LogP contribution in [0.15, 0.2) is 41.6 Å². The summed E-state index contributed by atoms with van der Waals surface area (Å²) in [4.78, 5) is 4.11. The number of aromatic nitrogens is 1. The number of rotatable bonds is 4. The number of benzene rings is 1. The van der Waals surface area contributed by atoms with Crippen LogP contribution in [0.25, 0.3) is 10.8 Å². The Balaban J connectivity index is 2.56. The van der Waals surface area contributed by atoms with Crippen LogP contribution >= 0.6 is 0 Å². The lowest BCUT2D eigenvalue weighted by Crippen LogP contribution is -2.52. The van der Waals surface area contributed by atoms with Gasteiger partial charge in [0.25, 0.3) is 0 Å². The predicted molar refractivity (Wildman–Crippen MR) is 78.1 cm³/mol. The van der Waals surface area contributed by atoms with Crippen LogP contribution in [0.4, 0.5) is 0 Å². The van der Waals surface area contributed by atoms with Crippen molar-refractivity contribution in [3.63, 3.8) is 0 Å². The summed E-state index contributed by atoms with van der Waals surface area (Å²) < 4.78 is 27.4. The van der Waals surface area contributed by atoms with Crippen molar-refractivity contribution in [3.05, 3.63) is 36.7 Å². The summed E-state index contributed by atoms with van der Waals surface area (Å²) >= 11 is 0. The molecule has 0 atom stereocenters. The van der Waals surface area contributed by atoms with E-state index < -0.39 is 15.6 Å². The highest BCUT2D eigenvalue weighted by atomic mass is 32.2. The molecule has 2 aromatic rings. The van der Waals surface area contributed by atoms with Crippen molar-refractivity contribution in [1.29, 1.82) is 5.41 Å². The Hall–Kier alpha value is -1.99. The molecule has 1 aromatic carbocycles. The monoisotopic (exact) mass is 292 g/mol. The molecule has 1 heterocycles. The van der Waals surface area contributed by atoms with Crippen molar-refractivity contribution < 1.29 is 8.42 Å². The van der Waals surface area contributed by atoms with E-state index >= 15 is 0 Å². The van der Waals surface area contributed by atoms with E-state index in [0.717, 1.165) is 5.39 Å². The van der Waals surface area contributed by atoms with Gasteiger partial charge < -0.3 is 5.73 Å². The molecule has 1 aromatic heterocycles. The topological polar surface area (TPSA) is 109 Å². The molecule has 0 aliphatic heterocycles. The van der Waals surface area contributed by atoms with E-state index in [-0.39, 0.29) is 10.7 Å². The molecule has 0 saturated carbocycles. The lowest BCUT2D eigenvalue weighted by Gasteiger charge is -2.24. The molecule has 4 N–H and O–H groups in total. The lowest BCUT2D eigenvalue weighted by atomic mass is 10.1. The summed E-state index contributed by atoms with van der Waals surface area (Å²) in [6.07, 6.45) is 3.14. The van der Waals surface area contributed by atoms with Crippen LogP contribution < -0.4 is 10.5 Å². The van der Waals surface area contributed by atoms with Crippen LogP contribution in [0.2, 0.25) is 0 Å². The molecule has 0 spiro atoms. The van der Waals surface area contributed by atoms with E-state index in [0.29, 0.717) is 5.39 Å². The molecule has 0 radical (unpaired) electrons. The molecule has 20 heavy (non-hydrogen) atoms. The summed E-state index contributed by atoms with van der Waals surface area (Å²) in [7, 11) is -3.79. The van der Waals surface area contributed by atoms with E-state index in [2.05, 4.69) is 9.71 Å². The van der Waals surface area contributed by atoms with Gasteiger partial charge in [-0.05, 0) is 26.0 Å². The van der Waals surface area contributed by atoms with Gasteiger partial charge in [0.05, 0.1) is 10.4 Å². The first kappa shape index (κ1) is 14.4. The molecule has 0 unspecified atom stereocenters. The van der Waals surface area contributed by atoms with Crippen LogP contribution in [0.1, 0.15) is 13.8 Å². The van der Waals surface area contributed by atoms with E-state index in [1.54, 1.807) is 38.2 Å². The standard InChI is InChI=1S/C13H16N4O2S/c1-13(2,12(14)15)17-20(18,19)11-5-3-4-9-8-16-7-6-10(9)11/h3-8,17H,1-2H3,(H3,14,15). The maximum atomic E-state index is 12.5. The van der Waals surface area contributed by atoms with Crippen LogP contribution in [0, 0.1) is 5.41 Å². The van der Waals surface area contributed by atoms with Crippen molar-refractivity contribution in [2.45, 2.75) is 24.3 Å². The van der Waals surface area contributed by atoms with Crippen LogP contribution in [0.5, 0.6) is 0 Å². The Morgan fingerprint density at radius 2 is 2.05 bits per heavy atom. The Bertz CT molecular complexity index is 764. The van der Waals surface area contributed by atoms with Crippen LogP contribution in [-0.4, -0.2) is 24.8 Å². The second-order valence-electron chi connectivity index (χ2n) is 5.00.